The molecule has 1 fully saturated rings. The second kappa shape index (κ2) is 5.60. The molecule has 5 heteroatoms. The average molecular weight is 253 g/mol. The van der Waals surface area contributed by atoms with Gasteiger partial charge in [-0.3, -0.25) is 9.69 Å². The zero-order valence-corrected chi connectivity index (χ0v) is 11.2. The Morgan fingerprint density at radius 1 is 1.59 bits per heavy atom. The molecular weight excluding hydrogens is 234 g/mol. The fraction of sp³-hybridized carbons (Fsp3) is 0.667. The molecular formula is C12H19N3OS. The Morgan fingerprint density at radius 2 is 2.41 bits per heavy atom. The SMILES string of the molecule is Cc1csc(CN(C)C2CCNC(=O)CC2)n1. The van der Waals surface area contributed by atoms with E-state index in [9.17, 15) is 4.79 Å². The van der Waals surface area contributed by atoms with E-state index in [1.165, 1.54) is 0 Å². The normalized spacial score (nSPS) is 21.4. The summed E-state index contributed by atoms with van der Waals surface area (Å²) in [5, 5.41) is 6.16. The molecule has 17 heavy (non-hydrogen) atoms. The molecule has 1 amide bonds. The van der Waals surface area contributed by atoms with Crippen LogP contribution in [0.25, 0.3) is 0 Å². The van der Waals surface area contributed by atoms with Crippen molar-refractivity contribution in [1.82, 2.24) is 15.2 Å². The molecule has 1 aromatic heterocycles. The summed E-state index contributed by atoms with van der Waals surface area (Å²) in [5.41, 5.74) is 1.09. The molecule has 0 aliphatic carbocycles. The first-order valence-electron chi connectivity index (χ1n) is 6.03. The van der Waals surface area contributed by atoms with E-state index >= 15 is 0 Å². The summed E-state index contributed by atoms with van der Waals surface area (Å²) in [4.78, 5) is 18.1. The van der Waals surface area contributed by atoms with Crippen LogP contribution in [-0.2, 0) is 11.3 Å². The van der Waals surface area contributed by atoms with Crippen molar-refractivity contribution in [3.8, 4) is 0 Å². The van der Waals surface area contributed by atoms with Crippen LogP contribution < -0.4 is 5.32 Å². The summed E-state index contributed by atoms with van der Waals surface area (Å²) in [7, 11) is 2.12. The zero-order valence-electron chi connectivity index (χ0n) is 10.4. The molecule has 0 saturated carbocycles. The number of hydrogen-bond donors (Lipinski definition) is 1. The third-order valence-corrected chi connectivity index (χ3v) is 4.13. The third kappa shape index (κ3) is 3.51. The molecule has 1 aliphatic rings. The van der Waals surface area contributed by atoms with Gasteiger partial charge in [0.1, 0.15) is 5.01 Å². The molecule has 0 radical (unpaired) electrons. The van der Waals surface area contributed by atoms with Gasteiger partial charge in [0.05, 0.1) is 6.54 Å². The van der Waals surface area contributed by atoms with E-state index in [0.717, 1.165) is 36.6 Å². The summed E-state index contributed by atoms with van der Waals surface area (Å²) in [6.07, 6.45) is 2.63. The predicted octanol–water partition coefficient (Wildman–Crippen LogP) is 1.55. The number of carbonyl (C=O) groups excluding carboxylic acids is 1. The lowest BCUT2D eigenvalue weighted by Gasteiger charge is -2.25. The quantitative estimate of drug-likeness (QED) is 0.889. The van der Waals surface area contributed by atoms with Gasteiger partial charge in [-0.05, 0) is 26.8 Å². The highest BCUT2D eigenvalue weighted by Crippen LogP contribution is 2.17. The van der Waals surface area contributed by atoms with E-state index in [4.69, 9.17) is 0 Å². The van der Waals surface area contributed by atoms with Crippen LogP contribution >= 0.6 is 11.3 Å². The minimum Gasteiger partial charge on any atom is -0.356 e. The van der Waals surface area contributed by atoms with Crippen LogP contribution in [0.15, 0.2) is 5.38 Å². The van der Waals surface area contributed by atoms with Crippen molar-refractivity contribution < 1.29 is 4.79 Å². The minimum atomic E-state index is 0.186. The molecule has 0 aromatic carbocycles. The molecule has 1 aliphatic heterocycles. The molecule has 0 spiro atoms. The van der Waals surface area contributed by atoms with Crippen molar-refractivity contribution >= 4 is 17.2 Å². The van der Waals surface area contributed by atoms with E-state index in [1.807, 2.05) is 6.92 Å². The van der Waals surface area contributed by atoms with Crippen LogP contribution in [0.5, 0.6) is 0 Å². The van der Waals surface area contributed by atoms with Crippen LogP contribution in [0.1, 0.15) is 30.0 Å². The van der Waals surface area contributed by atoms with Gasteiger partial charge >= 0.3 is 0 Å². The summed E-state index contributed by atoms with van der Waals surface area (Å²) >= 11 is 1.71. The van der Waals surface area contributed by atoms with E-state index in [-0.39, 0.29) is 5.91 Å². The maximum atomic E-state index is 11.3. The van der Waals surface area contributed by atoms with Crippen molar-refractivity contribution in [3.63, 3.8) is 0 Å². The van der Waals surface area contributed by atoms with Gasteiger partial charge in [-0.15, -0.1) is 11.3 Å². The number of nitrogens with zero attached hydrogens (tertiary/aromatic N) is 2. The Hall–Kier alpha value is -0.940. The van der Waals surface area contributed by atoms with Crippen LogP contribution in [0.4, 0.5) is 0 Å². The number of rotatable bonds is 3. The maximum absolute atomic E-state index is 11.3. The monoisotopic (exact) mass is 253 g/mol. The number of carbonyl (C=O) groups is 1. The van der Waals surface area contributed by atoms with Gasteiger partial charge in [-0.2, -0.15) is 0 Å². The van der Waals surface area contributed by atoms with Crippen LogP contribution in [0.2, 0.25) is 0 Å². The highest BCUT2D eigenvalue weighted by atomic mass is 32.1. The van der Waals surface area contributed by atoms with E-state index in [2.05, 4.69) is 27.6 Å². The van der Waals surface area contributed by atoms with Crippen molar-refractivity contribution in [2.45, 2.75) is 38.8 Å². The highest BCUT2D eigenvalue weighted by Gasteiger charge is 2.20. The summed E-state index contributed by atoms with van der Waals surface area (Å²) in [5.74, 6) is 0.186. The second-order valence-electron chi connectivity index (χ2n) is 4.63. The highest BCUT2D eigenvalue weighted by molar-refractivity contribution is 7.09. The molecule has 2 heterocycles. The standard InChI is InChI=1S/C12H19N3OS/c1-9-8-17-12(14-9)7-15(2)10-3-4-11(16)13-6-5-10/h8,10H,3-7H2,1-2H3,(H,13,16). The van der Waals surface area contributed by atoms with E-state index in [0.29, 0.717) is 12.5 Å². The molecule has 1 atom stereocenters. The van der Waals surface area contributed by atoms with Gasteiger partial charge < -0.3 is 5.32 Å². The molecule has 1 aromatic rings. The Labute approximate surface area is 106 Å². The number of thiazole rings is 1. The van der Waals surface area contributed by atoms with Crippen LogP contribution in [0, 0.1) is 6.92 Å². The predicted molar refractivity (Wildman–Crippen MR) is 69.0 cm³/mol. The van der Waals surface area contributed by atoms with Crippen molar-refractivity contribution in [2.75, 3.05) is 13.6 Å². The molecule has 4 nitrogen and oxygen atoms in total. The number of nitrogens with one attached hydrogen (secondary N) is 1. The van der Waals surface area contributed by atoms with E-state index < -0.39 is 0 Å². The van der Waals surface area contributed by atoms with Gasteiger partial charge in [0.2, 0.25) is 5.91 Å². The fourth-order valence-corrected chi connectivity index (χ4v) is 3.00. The van der Waals surface area contributed by atoms with Gasteiger partial charge in [-0.25, -0.2) is 4.98 Å². The zero-order chi connectivity index (χ0) is 12.3. The number of hydrogen-bond acceptors (Lipinski definition) is 4. The summed E-state index contributed by atoms with van der Waals surface area (Å²) < 4.78 is 0. The Kier molecular flexibility index (Phi) is 4.12. The molecule has 2 rings (SSSR count). The topological polar surface area (TPSA) is 45.2 Å². The average Bonchev–Trinajstić information content (AvgIpc) is 2.56. The first-order chi connectivity index (χ1) is 8.15. The first kappa shape index (κ1) is 12.5. The van der Waals surface area contributed by atoms with Crippen LogP contribution in [-0.4, -0.2) is 35.4 Å². The van der Waals surface area contributed by atoms with Crippen molar-refractivity contribution in [1.29, 1.82) is 0 Å². The number of aromatic nitrogens is 1. The Bertz CT molecular complexity index is 391. The van der Waals surface area contributed by atoms with Gasteiger partial charge in [0.15, 0.2) is 0 Å². The molecule has 94 valence electrons. The molecule has 1 saturated heterocycles. The van der Waals surface area contributed by atoms with Gasteiger partial charge in [-0.1, -0.05) is 0 Å². The smallest absolute Gasteiger partial charge is 0.220 e. The lowest BCUT2D eigenvalue weighted by atomic mass is 10.1. The minimum absolute atomic E-state index is 0.186. The summed E-state index contributed by atoms with van der Waals surface area (Å²) in [6, 6.07) is 0.484. The Morgan fingerprint density at radius 3 is 3.12 bits per heavy atom. The number of aryl methyl sites for hydroxylation is 1. The fourth-order valence-electron chi connectivity index (χ4n) is 2.17. The van der Waals surface area contributed by atoms with Gasteiger partial charge in [0.25, 0.3) is 0 Å². The lowest BCUT2D eigenvalue weighted by molar-refractivity contribution is -0.120. The first-order valence-corrected chi connectivity index (χ1v) is 6.91. The molecule has 1 unspecified atom stereocenters. The van der Waals surface area contributed by atoms with Crippen molar-refractivity contribution in [3.05, 3.63) is 16.1 Å². The molecule has 0 bridgehead atoms. The summed E-state index contributed by atoms with van der Waals surface area (Å²) in [6.45, 7) is 3.70. The van der Waals surface area contributed by atoms with Gasteiger partial charge in [0, 0.05) is 30.1 Å². The lowest BCUT2D eigenvalue weighted by Crippen LogP contribution is -2.32. The largest absolute Gasteiger partial charge is 0.356 e. The maximum Gasteiger partial charge on any atom is 0.220 e. The second-order valence-corrected chi connectivity index (χ2v) is 5.57. The third-order valence-electron chi connectivity index (χ3n) is 3.18. The Balaban J connectivity index is 1.90. The molecule has 1 N–H and O–H groups in total. The number of amides is 1. The van der Waals surface area contributed by atoms with Crippen LogP contribution in [0.3, 0.4) is 0 Å². The van der Waals surface area contributed by atoms with E-state index in [1.54, 1.807) is 11.3 Å². The van der Waals surface area contributed by atoms with Crippen molar-refractivity contribution in [2.24, 2.45) is 0 Å².